The van der Waals surface area contributed by atoms with Gasteiger partial charge >= 0.3 is 0 Å². The fourth-order valence-corrected chi connectivity index (χ4v) is 8.02. The van der Waals surface area contributed by atoms with Gasteiger partial charge in [0.05, 0.1) is 10.2 Å². The van der Waals surface area contributed by atoms with E-state index in [2.05, 4.69) is 56.4 Å². The first-order chi connectivity index (χ1) is 13.5. The lowest BCUT2D eigenvalue weighted by Gasteiger charge is -2.33. The van der Waals surface area contributed by atoms with Crippen molar-refractivity contribution in [3.05, 3.63) is 47.0 Å². The van der Waals surface area contributed by atoms with Gasteiger partial charge in [0.1, 0.15) is 0 Å². The number of para-hydroxylation sites is 1. The van der Waals surface area contributed by atoms with Crippen LogP contribution < -0.4 is 5.32 Å². The smallest absolute Gasteiger partial charge is 0.184 e. The number of benzene rings is 2. The molecule has 2 unspecified atom stereocenters. The zero-order chi connectivity index (χ0) is 19.0. The van der Waals surface area contributed by atoms with E-state index in [0.717, 1.165) is 22.9 Å². The average molecular weight is 389 g/mol. The van der Waals surface area contributed by atoms with Gasteiger partial charge in [-0.1, -0.05) is 41.2 Å². The molecule has 2 nitrogen and oxygen atoms in total. The normalized spacial score (nSPS) is 30.5. The molecule has 4 fully saturated rings. The largest absolute Gasteiger partial charge is 0.356 e. The molecule has 0 aliphatic heterocycles. The summed E-state index contributed by atoms with van der Waals surface area (Å²) in [7, 11) is 0. The van der Waals surface area contributed by atoms with Crippen LogP contribution >= 0.6 is 11.3 Å². The third-order valence-electron chi connectivity index (χ3n) is 7.71. The third kappa shape index (κ3) is 2.41. The van der Waals surface area contributed by atoms with Crippen molar-refractivity contribution < 1.29 is 0 Å². The van der Waals surface area contributed by atoms with E-state index in [1.807, 2.05) is 11.3 Å². The Morgan fingerprint density at radius 3 is 2.43 bits per heavy atom. The average Bonchev–Trinajstić information content (AvgIpc) is 3.20. The topological polar surface area (TPSA) is 24.9 Å². The van der Waals surface area contributed by atoms with E-state index >= 15 is 0 Å². The number of nitrogens with one attached hydrogen (secondary N) is 1. The minimum absolute atomic E-state index is 0.345. The van der Waals surface area contributed by atoms with Crippen LogP contribution in [0.5, 0.6) is 0 Å². The first-order valence-corrected chi connectivity index (χ1v) is 11.6. The minimum Gasteiger partial charge on any atom is -0.356 e. The van der Waals surface area contributed by atoms with Gasteiger partial charge in [-0.05, 0) is 93.4 Å². The summed E-state index contributed by atoms with van der Waals surface area (Å²) in [6, 6.07) is 11.3. The molecule has 0 radical (unpaired) electrons. The van der Waals surface area contributed by atoms with E-state index in [9.17, 15) is 0 Å². The SMILES string of the molecule is Cc1cc(C)c(-c2cccc3sc(NC45CC6CC(CC4C6)C5)nc23)c(C)c1. The van der Waals surface area contributed by atoms with Crippen LogP contribution in [-0.4, -0.2) is 10.5 Å². The number of aromatic nitrogens is 1. The highest BCUT2D eigenvalue weighted by atomic mass is 32.1. The summed E-state index contributed by atoms with van der Waals surface area (Å²) < 4.78 is 1.30. The predicted octanol–water partition coefficient (Wildman–Crippen LogP) is 6.88. The molecule has 144 valence electrons. The molecule has 28 heavy (non-hydrogen) atoms. The highest BCUT2D eigenvalue weighted by molar-refractivity contribution is 7.22. The van der Waals surface area contributed by atoms with Gasteiger partial charge in [-0.3, -0.25) is 0 Å². The van der Waals surface area contributed by atoms with Crippen LogP contribution in [0.4, 0.5) is 5.13 Å². The first-order valence-electron chi connectivity index (χ1n) is 10.8. The van der Waals surface area contributed by atoms with Gasteiger partial charge in [-0.25, -0.2) is 4.98 Å². The number of anilines is 1. The number of nitrogens with zero attached hydrogens (tertiary/aromatic N) is 1. The Labute approximate surface area is 171 Å². The molecule has 3 aromatic rings. The van der Waals surface area contributed by atoms with E-state index in [1.54, 1.807) is 0 Å². The molecule has 7 rings (SSSR count). The predicted molar refractivity (Wildman–Crippen MR) is 119 cm³/mol. The first kappa shape index (κ1) is 17.0. The Hall–Kier alpha value is -1.87. The summed E-state index contributed by atoms with van der Waals surface area (Å²) in [6.07, 6.45) is 7.11. The second-order valence-corrected chi connectivity index (χ2v) is 10.8. The maximum absolute atomic E-state index is 5.16. The molecule has 0 spiro atoms. The molecule has 1 aromatic heterocycles. The molecule has 2 aromatic carbocycles. The van der Waals surface area contributed by atoms with E-state index < -0.39 is 0 Å². The maximum Gasteiger partial charge on any atom is 0.184 e. The number of rotatable bonds is 3. The molecule has 1 heterocycles. The van der Waals surface area contributed by atoms with Gasteiger partial charge in [-0.2, -0.15) is 0 Å². The Morgan fingerprint density at radius 2 is 1.71 bits per heavy atom. The molecular formula is C25H28N2S. The molecule has 2 atom stereocenters. The van der Waals surface area contributed by atoms with Crippen molar-refractivity contribution in [1.29, 1.82) is 0 Å². The van der Waals surface area contributed by atoms with Gasteiger partial charge in [-0.15, -0.1) is 0 Å². The van der Waals surface area contributed by atoms with Gasteiger partial charge in [0.2, 0.25) is 0 Å². The molecule has 4 aliphatic carbocycles. The third-order valence-corrected chi connectivity index (χ3v) is 8.65. The summed E-state index contributed by atoms with van der Waals surface area (Å²) in [4.78, 5) is 5.16. The summed E-state index contributed by atoms with van der Waals surface area (Å²) in [5.41, 5.74) is 8.17. The molecule has 1 N–H and O–H groups in total. The van der Waals surface area contributed by atoms with E-state index in [1.165, 1.54) is 70.1 Å². The van der Waals surface area contributed by atoms with Crippen LogP contribution in [0.1, 0.15) is 48.8 Å². The second-order valence-electron chi connectivity index (χ2n) is 9.77. The van der Waals surface area contributed by atoms with Crippen molar-refractivity contribution in [2.24, 2.45) is 17.8 Å². The standard InChI is InChI=1S/C25H28N2S/c1-14-7-15(2)22(16(3)8-14)20-5-4-6-21-23(20)26-24(28-21)27-25-12-17-9-18(13-25)11-19(25)10-17/h4-8,17-19H,9-13H2,1-3H3,(H,26,27). The van der Waals surface area contributed by atoms with Crippen molar-refractivity contribution >= 4 is 26.7 Å². The maximum atomic E-state index is 5.16. The zero-order valence-electron chi connectivity index (χ0n) is 17.0. The van der Waals surface area contributed by atoms with Gasteiger partial charge in [0, 0.05) is 11.1 Å². The summed E-state index contributed by atoms with van der Waals surface area (Å²) in [5.74, 6) is 2.81. The van der Waals surface area contributed by atoms with Crippen LogP contribution in [0.2, 0.25) is 0 Å². The number of hydrogen-bond acceptors (Lipinski definition) is 3. The molecule has 0 saturated heterocycles. The lowest BCUT2D eigenvalue weighted by Crippen LogP contribution is -2.39. The highest BCUT2D eigenvalue weighted by Crippen LogP contribution is 2.61. The van der Waals surface area contributed by atoms with Crippen molar-refractivity contribution in [2.75, 3.05) is 5.32 Å². The van der Waals surface area contributed by atoms with E-state index in [-0.39, 0.29) is 0 Å². The number of hydrogen-bond donors (Lipinski definition) is 1. The molecule has 4 aliphatic rings. The summed E-state index contributed by atoms with van der Waals surface area (Å²) in [6.45, 7) is 6.64. The van der Waals surface area contributed by atoms with Crippen molar-refractivity contribution in [1.82, 2.24) is 4.98 Å². The highest BCUT2D eigenvalue weighted by Gasteiger charge is 2.57. The molecule has 4 bridgehead atoms. The van der Waals surface area contributed by atoms with Gasteiger partial charge in [0.15, 0.2) is 5.13 Å². The number of thiazole rings is 1. The van der Waals surface area contributed by atoms with E-state index in [0.29, 0.717) is 5.54 Å². The number of aryl methyl sites for hydroxylation is 3. The van der Waals surface area contributed by atoms with Crippen LogP contribution in [0.3, 0.4) is 0 Å². The molecule has 3 heteroatoms. The van der Waals surface area contributed by atoms with Gasteiger partial charge in [0.25, 0.3) is 0 Å². The monoisotopic (exact) mass is 388 g/mol. The quantitative estimate of drug-likeness (QED) is 0.529. The Kier molecular flexibility index (Phi) is 3.54. The minimum atomic E-state index is 0.345. The second kappa shape index (κ2) is 5.82. The van der Waals surface area contributed by atoms with Crippen molar-refractivity contribution in [3.8, 4) is 11.1 Å². The van der Waals surface area contributed by atoms with Crippen molar-refractivity contribution in [3.63, 3.8) is 0 Å². The van der Waals surface area contributed by atoms with Crippen LogP contribution in [0, 0.1) is 38.5 Å². The Morgan fingerprint density at radius 1 is 1.00 bits per heavy atom. The Balaban J connectivity index is 1.43. The number of fused-ring (bicyclic) bond motifs is 1. The fourth-order valence-electron chi connectivity index (χ4n) is 7.02. The van der Waals surface area contributed by atoms with Crippen LogP contribution in [0.15, 0.2) is 30.3 Å². The Bertz CT molecular complexity index is 1060. The van der Waals surface area contributed by atoms with Gasteiger partial charge < -0.3 is 5.32 Å². The fraction of sp³-hybridized carbons (Fsp3) is 0.480. The van der Waals surface area contributed by atoms with Crippen molar-refractivity contribution in [2.45, 2.75) is 58.4 Å². The van der Waals surface area contributed by atoms with Crippen LogP contribution in [-0.2, 0) is 0 Å². The lowest BCUT2D eigenvalue weighted by atomic mass is 9.80. The van der Waals surface area contributed by atoms with E-state index in [4.69, 9.17) is 4.98 Å². The summed E-state index contributed by atoms with van der Waals surface area (Å²) in [5, 5.41) is 5.13. The zero-order valence-corrected chi connectivity index (χ0v) is 17.8. The summed E-state index contributed by atoms with van der Waals surface area (Å²) >= 11 is 1.85. The molecular weight excluding hydrogens is 360 g/mol. The molecule has 0 amide bonds. The molecule has 4 saturated carbocycles. The lowest BCUT2D eigenvalue weighted by molar-refractivity contribution is 0.274. The van der Waals surface area contributed by atoms with Crippen LogP contribution in [0.25, 0.3) is 21.3 Å².